The molecular weight excluding hydrogens is 316 g/mol. The lowest BCUT2D eigenvalue weighted by Crippen LogP contribution is -2.28. The highest BCUT2D eigenvalue weighted by Gasteiger charge is 2.22. The quantitative estimate of drug-likeness (QED) is 0.711. The summed E-state index contributed by atoms with van der Waals surface area (Å²) in [5, 5.41) is 0. The van der Waals surface area contributed by atoms with Gasteiger partial charge in [0, 0.05) is 24.5 Å². The van der Waals surface area contributed by atoms with Crippen molar-refractivity contribution in [1.82, 2.24) is 9.47 Å². The Balaban J connectivity index is 0.00000208. The van der Waals surface area contributed by atoms with Crippen molar-refractivity contribution < 1.29 is 0 Å². The average Bonchev–Trinajstić information content (AvgIpc) is 2.94. The Labute approximate surface area is 153 Å². The zero-order chi connectivity index (χ0) is 16.2. The van der Waals surface area contributed by atoms with Crippen LogP contribution < -0.4 is 0 Å². The summed E-state index contributed by atoms with van der Waals surface area (Å²) >= 11 is 0. The number of benzene rings is 1. The van der Waals surface area contributed by atoms with Gasteiger partial charge in [0.15, 0.2) is 0 Å². The number of nitrogens with zero attached hydrogens (tertiary/aromatic N) is 2. The van der Waals surface area contributed by atoms with E-state index in [1.165, 1.54) is 30.5 Å². The second-order valence-electron chi connectivity index (χ2n) is 6.89. The summed E-state index contributed by atoms with van der Waals surface area (Å²) in [6.45, 7) is 11.4. The van der Waals surface area contributed by atoms with Crippen molar-refractivity contribution in [2.75, 3.05) is 19.6 Å². The predicted molar refractivity (Wildman–Crippen MR) is 106 cm³/mol. The topological polar surface area (TPSA) is 8.17 Å². The molecule has 1 aromatic heterocycles. The molecule has 1 heterocycles. The molecule has 1 aliphatic rings. The maximum atomic E-state index is 2.61. The number of hydrogen-bond acceptors (Lipinski definition) is 1. The van der Waals surface area contributed by atoms with Gasteiger partial charge in [-0.2, -0.15) is 0 Å². The van der Waals surface area contributed by atoms with Crippen LogP contribution in [0, 0.1) is 5.92 Å². The smallest absolute Gasteiger partial charge is 0.0485 e. The molecule has 0 aliphatic heterocycles. The van der Waals surface area contributed by atoms with Gasteiger partial charge < -0.3 is 9.47 Å². The Hall–Kier alpha value is -1.25. The number of likely N-dealkylation sites (N-methyl/N-ethyl adjacent to an activating group) is 1. The van der Waals surface area contributed by atoms with E-state index in [-0.39, 0.29) is 12.4 Å². The highest BCUT2D eigenvalue weighted by Crippen LogP contribution is 2.33. The minimum atomic E-state index is 0. The summed E-state index contributed by atoms with van der Waals surface area (Å²) in [4.78, 5) is 2.52. The maximum Gasteiger partial charge on any atom is 0.0485 e. The first-order chi connectivity index (χ1) is 11.2. The van der Waals surface area contributed by atoms with E-state index in [9.17, 15) is 0 Å². The maximum absolute atomic E-state index is 2.61. The minimum Gasteiger partial charge on any atom is -0.343 e. The average molecular weight is 347 g/mol. The van der Waals surface area contributed by atoms with Gasteiger partial charge in [-0.05, 0) is 55.5 Å². The number of hydrogen-bond donors (Lipinski definition) is 0. The van der Waals surface area contributed by atoms with E-state index < -0.39 is 0 Å². The lowest BCUT2D eigenvalue weighted by molar-refractivity contribution is 0.289. The van der Waals surface area contributed by atoms with Gasteiger partial charge in [-0.3, -0.25) is 0 Å². The van der Waals surface area contributed by atoms with Crippen LogP contribution in [0.1, 0.15) is 38.4 Å². The van der Waals surface area contributed by atoms with Gasteiger partial charge in [0.1, 0.15) is 0 Å². The predicted octanol–water partition coefficient (Wildman–Crippen LogP) is 5.04. The summed E-state index contributed by atoms with van der Waals surface area (Å²) in [7, 11) is 0. The highest BCUT2D eigenvalue weighted by atomic mass is 35.5. The van der Waals surface area contributed by atoms with Crippen LogP contribution in [0.3, 0.4) is 0 Å². The summed E-state index contributed by atoms with van der Waals surface area (Å²) in [5.41, 5.74) is 5.95. The minimum absolute atomic E-state index is 0. The van der Waals surface area contributed by atoms with Gasteiger partial charge in [0.2, 0.25) is 0 Å². The fourth-order valence-corrected chi connectivity index (χ4v) is 3.86. The van der Waals surface area contributed by atoms with Crippen LogP contribution in [0.5, 0.6) is 0 Å². The van der Waals surface area contributed by atoms with Gasteiger partial charge in [0.05, 0.1) is 0 Å². The van der Waals surface area contributed by atoms with Crippen LogP contribution in [-0.2, 0) is 19.4 Å². The molecule has 24 heavy (non-hydrogen) atoms. The molecule has 132 valence electrons. The van der Waals surface area contributed by atoms with Crippen LogP contribution in [0.2, 0.25) is 0 Å². The Kier molecular flexibility index (Phi) is 6.94. The Morgan fingerprint density at radius 1 is 1.12 bits per heavy atom. The van der Waals surface area contributed by atoms with Crippen LogP contribution in [0.25, 0.3) is 11.3 Å². The fraction of sp³-hybridized carbons (Fsp3) is 0.524. The standard InChI is InChI=1S/C21H30N2.ClH/c1-4-22(5-2)13-14-23-20-12-11-17(3)15-19(20)16-21(23)18-9-7-6-8-10-18;/h6-10,16-17H,4-5,11-15H2,1-3H3;1H. The van der Waals surface area contributed by atoms with Crippen molar-refractivity contribution in [3.63, 3.8) is 0 Å². The number of halogens is 1. The second-order valence-corrected chi connectivity index (χ2v) is 6.89. The van der Waals surface area contributed by atoms with E-state index in [0.29, 0.717) is 0 Å². The summed E-state index contributed by atoms with van der Waals surface area (Å²) in [6, 6.07) is 13.4. The molecule has 2 aromatic rings. The first-order valence-electron chi connectivity index (χ1n) is 9.22. The first-order valence-corrected chi connectivity index (χ1v) is 9.22. The lowest BCUT2D eigenvalue weighted by Gasteiger charge is -2.24. The Morgan fingerprint density at radius 3 is 2.50 bits per heavy atom. The normalized spacial score (nSPS) is 16.8. The van der Waals surface area contributed by atoms with Gasteiger partial charge in [-0.25, -0.2) is 0 Å². The van der Waals surface area contributed by atoms with Gasteiger partial charge >= 0.3 is 0 Å². The summed E-state index contributed by atoms with van der Waals surface area (Å²) in [6.07, 6.45) is 3.81. The lowest BCUT2D eigenvalue weighted by atomic mass is 9.89. The van der Waals surface area contributed by atoms with Crippen LogP contribution in [0.4, 0.5) is 0 Å². The van der Waals surface area contributed by atoms with E-state index in [1.807, 2.05) is 0 Å². The molecule has 1 atom stereocenters. The molecule has 1 unspecified atom stereocenters. The molecule has 0 saturated carbocycles. The van der Waals surface area contributed by atoms with Crippen LogP contribution >= 0.6 is 12.4 Å². The number of rotatable bonds is 6. The molecule has 3 heteroatoms. The van der Waals surface area contributed by atoms with E-state index in [2.05, 4.69) is 66.6 Å². The van der Waals surface area contributed by atoms with Gasteiger partial charge in [0.25, 0.3) is 0 Å². The zero-order valence-electron chi connectivity index (χ0n) is 15.3. The molecule has 0 amide bonds. The molecule has 0 bridgehead atoms. The molecule has 0 spiro atoms. The van der Waals surface area contributed by atoms with Crippen molar-refractivity contribution in [3.8, 4) is 11.3 Å². The SMILES string of the molecule is CCN(CC)CCn1c(-c2ccccc2)cc2c1CCC(C)C2.Cl. The third-order valence-corrected chi connectivity index (χ3v) is 5.34. The molecule has 0 fully saturated rings. The molecule has 0 N–H and O–H groups in total. The van der Waals surface area contributed by atoms with E-state index in [4.69, 9.17) is 0 Å². The molecule has 2 nitrogen and oxygen atoms in total. The van der Waals surface area contributed by atoms with E-state index in [0.717, 1.165) is 32.1 Å². The van der Waals surface area contributed by atoms with Crippen molar-refractivity contribution in [2.45, 2.75) is 46.6 Å². The van der Waals surface area contributed by atoms with Crippen molar-refractivity contribution >= 4 is 12.4 Å². The summed E-state index contributed by atoms with van der Waals surface area (Å²) < 4.78 is 2.61. The Morgan fingerprint density at radius 2 is 1.83 bits per heavy atom. The monoisotopic (exact) mass is 346 g/mol. The summed E-state index contributed by atoms with van der Waals surface area (Å²) in [5.74, 6) is 0.824. The van der Waals surface area contributed by atoms with Crippen LogP contribution in [0.15, 0.2) is 36.4 Å². The molecular formula is C21H31ClN2. The third kappa shape index (κ3) is 4.04. The van der Waals surface area contributed by atoms with Gasteiger partial charge in [-0.15, -0.1) is 12.4 Å². The van der Waals surface area contributed by atoms with Gasteiger partial charge in [-0.1, -0.05) is 51.1 Å². The van der Waals surface area contributed by atoms with Crippen molar-refractivity contribution in [2.24, 2.45) is 5.92 Å². The molecule has 1 aliphatic carbocycles. The molecule has 1 aromatic carbocycles. The zero-order valence-corrected chi connectivity index (χ0v) is 16.1. The fourth-order valence-electron chi connectivity index (χ4n) is 3.86. The van der Waals surface area contributed by atoms with Crippen LogP contribution in [-0.4, -0.2) is 29.1 Å². The third-order valence-electron chi connectivity index (χ3n) is 5.34. The second kappa shape index (κ2) is 8.73. The largest absolute Gasteiger partial charge is 0.343 e. The van der Waals surface area contributed by atoms with Crippen molar-refractivity contribution in [1.29, 1.82) is 0 Å². The number of aromatic nitrogens is 1. The van der Waals surface area contributed by atoms with E-state index in [1.54, 1.807) is 11.3 Å². The highest BCUT2D eigenvalue weighted by molar-refractivity contribution is 5.85. The van der Waals surface area contributed by atoms with E-state index >= 15 is 0 Å². The number of fused-ring (bicyclic) bond motifs is 1. The Bertz CT molecular complexity index is 629. The molecule has 0 radical (unpaired) electrons. The van der Waals surface area contributed by atoms with Crippen molar-refractivity contribution in [3.05, 3.63) is 47.7 Å². The molecule has 0 saturated heterocycles. The molecule has 3 rings (SSSR count). The first kappa shape index (κ1) is 19.1.